The Morgan fingerprint density at radius 2 is 1.95 bits per heavy atom. The molecule has 1 saturated carbocycles. The number of nitrogens with zero attached hydrogens (tertiary/aromatic N) is 1. The molecule has 1 aliphatic heterocycles. The van der Waals surface area contributed by atoms with E-state index in [-0.39, 0.29) is 12.2 Å². The molecule has 1 N–H and O–H groups in total. The van der Waals surface area contributed by atoms with Gasteiger partial charge < -0.3 is 15.0 Å². The summed E-state index contributed by atoms with van der Waals surface area (Å²) in [7, 11) is 0. The molecule has 3 nitrogen and oxygen atoms in total. The van der Waals surface area contributed by atoms with Gasteiger partial charge in [0.25, 0.3) is 0 Å². The number of anilines is 1. The lowest BCUT2D eigenvalue weighted by Crippen LogP contribution is -2.46. The van der Waals surface area contributed by atoms with E-state index in [4.69, 9.17) is 16.3 Å². The van der Waals surface area contributed by atoms with E-state index in [0.717, 1.165) is 24.7 Å². The number of halogens is 1. The van der Waals surface area contributed by atoms with Crippen LogP contribution in [-0.4, -0.2) is 31.3 Å². The van der Waals surface area contributed by atoms with E-state index in [1.165, 1.54) is 24.1 Å². The summed E-state index contributed by atoms with van der Waals surface area (Å²) < 4.78 is 5.83. The molecule has 1 aromatic carbocycles. The fraction of sp³-hybridized carbons (Fsp3) is 0.625. The van der Waals surface area contributed by atoms with Crippen molar-refractivity contribution < 1.29 is 4.74 Å². The molecule has 2 fully saturated rings. The Morgan fingerprint density at radius 3 is 2.60 bits per heavy atom. The van der Waals surface area contributed by atoms with Crippen LogP contribution in [0.1, 0.15) is 32.3 Å². The molecule has 1 aliphatic carbocycles. The molecule has 1 aromatic rings. The van der Waals surface area contributed by atoms with Gasteiger partial charge in [0, 0.05) is 25.7 Å². The van der Waals surface area contributed by atoms with Gasteiger partial charge in [-0.15, -0.1) is 0 Å². The Kier molecular flexibility index (Phi) is 4.20. The molecule has 2 atom stereocenters. The van der Waals surface area contributed by atoms with E-state index in [9.17, 15) is 0 Å². The van der Waals surface area contributed by atoms with Crippen molar-refractivity contribution >= 4 is 17.3 Å². The Balaban J connectivity index is 1.81. The van der Waals surface area contributed by atoms with E-state index < -0.39 is 0 Å². The summed E-state index contributed by atoms with van der Waals surface area (Å²) in [4.78, 5) is 2.38. The number of nitrogens with one attached hydrogen (secondary N) is 1. The van der Waals surface area contributed by atoms with Crippen LogP contribution in [0.3, 0.4) is 0 Å². The highest BCUT2D eigenvalue weighted by molar-refractivity contribution is 6.33. The Hall–Kier alpha value is -0.770. The summed E-state index contributed by atoms with van der Waals surface area (Å²) >= 11 is 6.48. The third-order valence-electron chi connectivity index (χ3n) is 3.96. The zero-order chi connectivity index (χ0) is 14.1. The molecule has 0 spiro atoms. The zero-order valence-corrected chi connectivity index (χ0v) is 13.0. The van der Waals surface area contributed by atoms with Crippen LogP contribution in [0.4, 0.5) is 5.69 Å². The molecule has 0 radical (unpaired) electrons. The topological polar surface area (TPSA) is 24.5 Å². The minimum Gasteiger partial charge on any atom is -0.372 e. The summed E-state index contributed by atoms with van der Waals surface area (Å²) in [5.41, 5.74) is 2.48. The van der Waals surface area contributed by atoms with Crippen LogP contribution < -0.4 is 10.2 Å². The second-order valence-electron chi connectivity index (χ2n) is 6.07. The number of hydrogen-bond acceptors (Lipinski definition) is 3. The maximum Gasteiger partial charge on any atom is 0.0726 e. The minimum absolute atomic E-state index is 0.249. The third kappa shape index (κ3) is 3.27. The van der Waals surface area contributed by atoms with Gasteiger partial charge in [0.15, 0.2) is 0 Å². The van der Waals surface area contributed by atoms with Gasteiger partial charge in [0.05, 0.1) is 22.9 Å². The molecular formula is C16H23ClN2O. The number of benzene rings is 1. The van der Waals surface area contributed by atoms with Gasteiger partial charge in [0.1, 0.15) is 0 Å². The van der Waals surface area contributed by atoms with Crippen molar-refractivity contribution in [2.75, 3.05) is 18.0 Å². The molecule has 20 heavy (non-hydrogen) atoms. The van der Waals surface area contributed by atoms with Crippen LogP contribution in [-0.2, 0) is 11.3 Å². The van der Waals surface area contributed by atoms with Crippen LogP contribution in [0.25, 0.3) is 0 Å². The van der Waals surface area contributed by atoms with Gasteiger partial charge in [-0.05, 0) is 38.3 Å². The Labute approximate surface area is 126 Å². The van der Waals surface area contributed by atoms with Crippen LogP contribution in [0.15, 0.2) is 18.2 Å². The third-order valence-corrected chi connectivity index (χ3v) is 4.27. The average molecular weight is 295 g/mol. The highest BCUT2D eigenvalue weighted by Gasteiger charge is 2.26. The molecule has 1 saturated heterocycles. The van der Waals surface area contributed by atoms with Crippen molar-refractivity contribution in [3.05, 3.63) is 28.8 Å². The van der Waals surface area contributed by atoms with Crippen LogP contribution >= 0.6 is 11.6 Å². The van der Waals surface area contributed by atoms with E-state index in [1.54, 1.807) is 0 Å². The average Bonchev–Trinajstić information content (AvgIpc) is 3.19. The SMILES string of the molecule is C[C@@H]1CN(c2c(Cl)cccc2CNC2CC2)C[C@H](C)O1. The lowest BCUT2D eigenvalue weighted by atomic mass is 10.1. The molecular weight excluding hydrogens is 272 g/mol. The standard InChI is InChI=1S/C16H23ClN2O/c1-11-9-19(10-12(2)20-11)16-13(4-3-5-15(16)17)8-18-14-6-7-14/h3-5,11-12,14,18H,6-10H2,1-2H3/t11-,12+. The monoisotopic (exact) mass is 294 g/mol. The van der Waals surface area contributed by atoms with Crippen molar-refractivity contribution in [1.82, 2.24) is 5.32 Å². The van der Waals surface area contributed by atoms with Crippen molar-refractivity contribution in [3.63, 3.8) is 0 Å². The smallest absolute Gasteiger partial charge is 0.0726 e. The fourth-order valence-electron chi connectivity index (χ4n) is 2.96. The van der Waals surface area contributed by atoms with E-state index in [1.807, 2.05) is 12.1 Å². The fourth-order valence-corrected chi connectivity index (χ4v) is 3.27. The van der Waals surface area contributed by atoms with Crippen LogP contribution in [0.2, 0.25) is 5.02 Å². The lowest BCUT2D eigenvalue weighted by Gasteiger charge is -2.38. The first-order valence-corrected chi connectivity index (χ1v) is 7.92. The van der Waals surface area contributed by atoms with Crippen molar-refractivity contribution in [3.8, 4) is 0 Å². The van der Waals surface area contributed by atoms with Gasteiger partial charge in [-0.3, -0.25) is 0 Å². The summed E-state index contributed by atoms with van der Waals surface area (Å²) in [6.45, 7) is 6.97. The summed E-state index contributed by atoms with van der Waals surface area (Å²) in [5, 5.41) is 4.43. The maximum atomic E-state index is 6.48. The van der Waals surface area contributed by atoms with Crippen molar-refractivity contribution in [2.45, 2.75) is 51.5 Å². The van der Waals surface area contributed by atoms with Gasteiger partial charge in [-0.1, -0.05) is 23.7 Å². The van der Waals surface area contributed by atoms with Crippen molar-refractivity contribution in [2.24, 2.45) is 0 Å². The molecule has 0 amide bonds. The van der Waals surface area contributed by atoms with Crippen LogP contribution in [0.5, 0.6) is 0 Å². The largest absolute Gasteiger partial charge is 0.372 e. The predicted octanol–water partition coefficient (Wildman–Crippen LogP) is 3.21. The first-order chi connectivity index (χ1) is 9.63. The summed E-state index contributed by atoms with van der Waals surface area (Å²) in [6, 6.07) is 6.93. The van der Waals surface area contributed by atoms with Crippen molar-refractivity contribution in [1.29, 1.82) is 0 Å². The molecule has 1 heterocycles. The number of para-hydroxylation sites is 1. The van der Waals surface area contributed by atoms with E-state index >= 15 is 0 Å². The predicted molar refractivity (Wildman–Crippen MR) is 83.5 cm³/mol. The molecule has 0 bridgehead atoms. The van der Waals surface area contributed by atoms with E-state index in [2.05, 4.69) is 30.1 Å². The molecule has 0 unspecified atom stereocenters. The highest BCUT2D eigenvalue weighted by Crippen LogP contribution is 2.32. The zero-order valence-electron chi connectivity index (χ0n) is 12.2. The van der Waals surface area contributed by atoms with Crippen LogP contribution in [0, 0.1) is 0 Å². The Bertz CT molecular complexity index is 466. The molecule has 110 valence electrons. The number of morpholine rings is 1. The first-order valence-electron chi connectivity index (χ1n) is 7.54. The first kappa shape index (κ1) is 14.2. The number of rotatable bonds is 4. The normalized spacial score (nSPS) is 26.9. The maximum absolute atomic E-state index is 6.48. The number of ether oxygens (including phenoxy) is 1. The second-order valence-corrected chi connectivity index (χ2v) is 6.47. The van der Waals surface area contributed by atoms with Gasteiger partial charge in [0.2, 0.25) is 0 Å². The molecule has 3 rings (SSSR count). The van der Waals surface area contributed by atoms with Gasteiger partial charge in [-0.25, -0.2) is 0 Å². The van der Waals surface area contributed by atoms with Gasteiger partial charge in [-0.2, -0.15) is 0 Å². The lowest BCUT2D eigenvalue weighted by molar-refractivity contribution is -0.00525. The Morgan fingerprint density at radius 1 is 1.25 bits per heavy atom. The molecule has 2 aliphatic rings. The number of hydrogen-bond donors (Lipinski definition) is 1. The van der Waals surface area contributed by atoms with E-state index in [0.29, 0.717) is 6.04 Å². The molecule has 0 aromatic heterocycles. The summed E-state index contributed by atoms with van der Waals surface area (Å²) in [5.74, 6) is 0. The second kappa shape index (κ2) is 5.92. The summed E-state index contributed by atoms with van der Waals surface area (Å²) in [6.07, 6.45) is 3.11. The highest BCUT2D eigenvalue weighted by atomic mass is 35.5. The molecule has 4 heteroatoms. The minimum atomic E-state index is 0.249. The van der Waals surface area contributed by atoms with Gasteiger partial charge >= 0.3 is 0 Å². The quantitative estimate of drug-likeness (QED) is 0.923.